The number of nitrogens with one attached hydrogen (secondary N) is 1. The van der Waals surface area contributed by atoms with Crippen molar-refractivity contribution in [2.75, 3.05) is 33.3 Å². The van der Waals surface area contributed by atoms with Gasteiger partial charge in [0.1, 0.15) is 11.9 Å². The molecule has 0 aliphatic carbocycles. The smallest absolute Gasteiger partial charge is 0.338 e. The van der Waals surface area contributed by atoms with Gasteiger partial charge in [0.2, 0.25) is 0 Å². The Hall–Kier alpha value is -3.85. The predicted octanol–water partition coefficient (Wildman–Crippen LogP) is 2.12. The number of hydrogen-bond donors (Lipinski definition) is 2. The first kappa shape index (κ1) is 21.4. The molecule has 0 spiro atoms. The number of methoxy groups -OCH3 is 1. The fourth-order valence-electron chi connectivity index (χ4n) is 3.99. The number of hydrogen-bond acceptors (Lipinski definition) is 9. The SMILES string of the molecule is [2H]C([2H])([2H])OC(=O)C1=C(CN2CCO[C@H](/C=C/C(=O)O)C2)NC(c2nccs2)=N[C@H]1c1ccc(F)cc1C#C. The molecule has 186 valence electrons. The van der Waals surface area contributed by atoms with Gasteiger partial charge >= 0.3 is 11.9 Å². The molecule has 3 heterocycles. The molecule has 2 aliphatic heterocycles. The van der Waals surface area contributed by atoms with Crippen LogP contribution in [0.25, 0.3) is 0 Å². The minimum absolute atomic E-state index is 0.0969. The number of aromatic nitrogens is 1. The molecular formula is C25H23FN4O5S. The average Bonchev–Trinajstić information content (AvgIpc) is 3.41. The van der Waals surface area contributed by atoms with Crippen molar-refractivity contribution in [1.29, 1.82) is 0 Å². The minimum Gasteiger partial charge on any atom is -0.478 e. The highest BCUT2D eigenvalue weighted by Gasteiger charge is 2.35. The molecule has 1 saturated heterocycles. The summed E-state index contributed by atoms with van der Waals surface area (Å²) >= 11 is 1.28. The number of morpholine rings is 1. The summed E-state index contributed by atoms with van der Waals surface area (Å²) < 4.78 is 46.9. The fourth-order valence-corrected chi connectivity index (χ4v) is 4.57. The van der Waals surface area contributed by atoms with E-state index in [0.29, 0.717) is 23.0 Å². The topological polar surface area (TPSA) is 113 Å². The van der Waals surface area contributed by atoms with Crippen LogP contribution < -0.4 is 5.32 Å². The van der Waals surface area contributed by atoms with Crippen LogP contribution in [0.5, 0.6) is 0 Å². The molecule has 0 amide bonds. The molecule has 4 rings (SSSR count). The van der Waals surface area contributed by atoms with Crippen molar-refractivity contribution in [1.82, 2.24) is 15.2 Å². The third kappa shape index (κ3) is 5.68. The van der Waals surface area contributed by atoms with Crippen molar-refractivity contribution in [3.05, 3.63) is 75.1 Å². The number of carbonyl (C=O) groups excluding carboxylic acids is 1. The lowest BCUT2D eigenvalue weighted by atomic mass is 9.92. The summed E-state index contributed by atoms with van der Waals surface area (Å²) in [6, 6.07) is 2.56. The predicted molar refractivity (Wildman–Crippen MR) is 131 cm³/mol. The summed E-state index contributed by atoms with van der Waals surface area (Å²) in [5.74, 6) is -0.138. The Kier molecular flexibility index (Phi) is 6.70. The summed E-state index contributed by atoms with van der Waals surface area (Å²) in [6.07, 6.45) is 9.11. The maximum atomic E-state index is 14.0. The van der Waals surface area contributed by atoms with Crippen LogP contribution in [0.4, 0.5) is 4.39 Å². The summed E-state index contributed by atoms with van der Waals surface area (Å²) in [5, 5.41) is 14.3. The van der Waals surface area contributed by atoms with Gasteiger partial charge in [-0.2, -0.15) is 0 Å². The van der Waals surface area contributed by atoms with Crippen molar-refractivity contribution in [3.8, 4) is 12.3 Å². The number of carboxylic acids is 1. The quantitative estimate of drug-likeness (QED) is 0.329. The van der Waals surface area contributed by atoms with E-state index in [-0.39, 0.29) is 36.5 Å². The van der Waals surface area contributed by atoms with Gasteiger partial charge < -0.3 is 19.9 Å². The first-order chi connectivity index (χ1) is 18.5. The number of aliphatic carboxylic acids is 1. The maximum Gasteiger partial charge on any atom is 0.338 e. The number of carbonyl (C=O) groups is 2. The third-order valence-corrected chi connectivity index (χ3v) is 6.33. The van der Waals surface area contributed by atoms with Crippen LogP contribution in [0.2, 0.25) is 0 Å². The Bertz CT molecular complexity index is 1380. The summed E-state index contributed by atoms with van der Waals surface area (Å²) in [7, 11) is -3.04. The number of rotatable bonds is 7. The zero-order chi connectivity index (χ0) is 28.2. The van der Waals surface area contributed by atoms with E-state index in [4.69, 9.17) is 25.1 Å². The van der Waals surface area contributed by atoms with Crippen LogP contribution in [0.3, 0.4) is 0 Å². The molecule has 9 nitrogen and oxygen atoms in total. The molecule has 2 aliphatic rings. The standard InChI is InChI=1S/C25H23FN4O5S/c1-3-15-12-16(26)4-6-18(15)22-21(25(33)34-2)19(28-23(29-22)24-27-8-11-36-24)14-30-9-10-35-17(13-30)5-7-20(31)32/h1,4-8,11-12,17,22H,9-10,13-14H2,2H3,(H,28,29)(H,31,32)/b7-5+/t17-,22+/m1/s1/i2D3. The molecule has 2 aromatic rings. The molecule has 1 aromatic carbocycles. The van der Waals surface area contributed by atoms with Gasteiger partial charge in [0.05, 0.1) is 29.4 Å². The monoisotopic (exact) mass is 513 g/mol. The number of thiazole rings is 1. The first-order valence-electron chi connectivity index (χ1n) is 12.3. The fraction of sp³-hybridized carbons (Fsp3) is 0.280. The Morgan fingerprint density at radius 2 is 2.39 bits per heavy atom. The molecular weight excluding hydrogens is 487 g/mol. The highest BCUT2D eigenvalue weighted by Crippen LogP contribution is 2.35. The number of carboxylic acid groups (broad SMARTS) is 1. The molecule has 1 fully saturated rings. The van der Waals surface area contributed by atoms with Gasteiger partial charge in [-0.3, -0.25) is 9.89 Å². The molecule has 0 radical (unpaired) electrons. The first-order valence-corrected chi connectivity index (χ1v) is 11.6. The number of ether oxygens (including phenoxy) is 2. The lowest BCUT2D eigenvalue weighted by Gasteiger charge is -2.34. The molecule has 0 saturated carbocycles. The van der Waals surface area contributed by atoms with Crippen molar-refractivity contribution >= 4 is 29.1 Å². The van der Waals surface area contributed by atoms with Gasteiger partial charge in [-0.1, -0.05) is 12.0 Å². The minimum atomic E-state index is -3.04. The van der Waals surface area contributed by atoms with E-state index in [9.17, 15) is 14.0 Å². The van der Waals surface area contributed by atoms with Crippen molar-refractivity contribution < 1.29 is 32.7 Å². The Labute approximate surface area is 215 Å². The maximum absolute atomic E-state index is 14.0. The molecule has 11 heteroatoms. The number of benzene rings is 1. The van der Waals surface area contributed by atoms with E-state index in [1.54, 1.807) is 11.6 Å². The second-order valence-electron chi connectivity index (χ2n) is 7.84. The largest absolute Gasteiger partial charge is 0.478 e. The van der Waals surface area contributed by atoms with E-state index >= 15 is 0 Å². The molecule has 1 aromatic heterocycles. The molecule has 2 N–H and O–H groups in total. The second-order valence-corrected chi connectivity index (χ2v) is 8.74. The van der Waals surface area contributed by atoms with Crippen molar-refractivity contribution in [2.24, 2.45) is 4.99 Å². The Morgan fingerprint density at radius 3 is 3.11 bits per heavy atom. The highest BCUT2D eigenvalue weighted by atomic mass is 32.1. The lowest BCUT2D eigenvalue weighted by molar-refractivity contribution is -0.136. The van der Waals surface area contributed by atoms with Crippen LogP contribution in [0.1, 0.15) is 26.3 Å². The number of nitrogens with zero attached hydrogens (tertiary/aromatic N) is 3. The number of aliphatic imine (C=N–C) groups is 1. The van der Waals surface area contributed by atoms with E-state index in [1.165, 1.54) is 29.5 Å². The van der Waals surface area contributed by atoms with Gasteiger partial charge in [0.15, 0.2) is 10.8 Å². The van der Waals surface area contributed by atoms with E-state index < -0.39 is 36.9 Å². The summed E-state index contributed by atoms with van der Waals surface area (Å²) in [4.78, 5) is 35.1. The van der Waals surface area contributed by atoms with Gasteiger partial charge in [-0.25, -0.2) is 19.0 Å². The number of terminal acetylenes is 1. The molecule has 0 bridgehead atoms. The number of esters is 1. The zero-order valence-electron chi connectivity index (χ0n) is 21.8. The van der Waals surface area contributed by atoms with Gasteiger partial charge in [0, 0.05) is 48.5 Å². The van der Waals surface area contributed by atoms with Gasteiger partial charge in [-0.05, 0) is 23.8 Å². The van der Waals surface area contributed by atoms with Crippen molar-refractivity contribution in [3.63, 3.8) is 0 Å². The van der Waals surface area contributed by atoms with Crippen LogP contribution >= 0.6 is 11.3 Å². The van der Waals surface area contributed by atoms with E-state index in [1.807, 2.05) is 4.90 Å². The highest BCUT2D eigenvalue weighted by molar-refractivity contribution is 7.11. The molecule has 36 heavy (non-hydrogen) atoms. The van der Waals surface area contributed by atoms with Gasteiger partial charge in [-0.15, -0.1) is 17.8 Å². The molecule has 2 atom stereocenters. The van der Waals surface area contributed by atoms with Crippen LogP contribution in [0, 0.1) is 18.2 Å². The van der Waals surface area contributed by atoms with Crippen LogP contribution in [-0.4, -0.2) is 72.1 Å². The van der Waals surface area contributed by atoms with Crippen LogP contribution in [0.15, 0.2) is 58.2 Å². The third-order valence-electron chi connectivity index (χ3n) is 5.55. The Morgan fingerprint density at radius 1 is 1.53 bits per heavy atom. The zero-order valence-corrected chi connectivity index (χ0v) is 19.6. The van der Waals surface area contributed by atoms with Gasteiger partial charge in [0.25, 0.3) is 0 Å². The van der Waals surface area contributed by atoms with Crippen molar-refractivity contribution in [2.45, 2.75) is 12.1 Å². The molecule has 0 unspecified atom stereocenters. The van der Waals surface area contributed by atoms with E-state index in [0.717, 1.165) is 12.1 Å². The normalized spacial score (nSPS) is 22.1. The lowest BCUT2D eigenvalue weighted by Crippen LogP contribution is -2.46. The van der Waals surface area contributed by atoms with Crippen LogP contribution in [-0.2, 0) is 19.1 Å². The summed E-state index contributed by atoms with van der Waals surface area (Å²) in [5.41, 5.74) is 0.602. The van der Waals surface area contributed by atoms with E-state index in [2.05, 4.69) is 21.2 Å². The summed E-state index contributed by atoms with van der Waals surface area (Å²) in [6.45, 7) is 1.11. The average molecular weight is 514 g/mol. The second kappa shape index (κ2) is 11.3. The number of amidine groups is 1. The Balaban J connectivity index is 1.80. The number of halogens is 1.